The highest BCUT2D eigenvalue weighted by Crippen LogP contribution is 2.16. The van der Waals surface area contributed by atoms with Crippen molar-refractivity contribution in [2.45, 2.75) is 128 Å². The van der Waals surface area contributed by atoms with E-state index in [9.17, 15) is 0 Å². The lowest BCUT2D eigenvalue weighted by atomic mass is 10.0. The molecule has 0 spiro atoms. The molecule has 0 aromatic rings. The van der Waals surface area contributed by atoms with Crippen molar-refractivity contribution in [3.8, 4) is 0 Å². The molecule has 0 radical (unpaired) electrons. The zero-order valence-corrected chi connectivity index (χ0v) is 21.4. The van der Waals surface area contributed by atoms with Gasteiger partial charge in [0.1, 0.15) is 0 Å². The lowest BCUT2D eigenvalue weighted by Gasteiger charge is -2.05. The first-order chi connectivity index (χ1) is 15.0. The third kappa shape index (κ3) is 50.9. The fraction of sp³-hybridized carbons (Fsp3) is 1.00. The third-order valence-electron chi connectivity index (χ3n) is 5.00. The minimum atomic E-state index is 1.00. The highest BCUT2D eigenvalue weighted by molar-refractivity contribution is 4.52. The molecule has 0 bridgehead atoms. The standard InChI is InChI=1S/C20H40.5CH4O/c1-2-4-6-8-10-12-14-16-18-20-19-17-15-13-11-9-7-5-3-1;5*1-2/h1-20H2;5*2H,1H3. The fourth-order valence-electron chi connectivity index (χ4n) is 3.54. The van der Waals surface area contributed by atoms with E-state index in [-0.39, 0.29) is 0 Å². The summed E-state index contributed by atoms with van der Waals surface area (Å²) in [6, 6.07) is 0. The van der Waals surface area contributed by atoms with Crippen molar-refractivity contribution in [3.05, 3.63) is 0 Å². The molecule has 1 rings (SSSR count). The van der Waals surface area contributed by atoms with E-state index in [1.165, 1.54) is 128 Å². The molecule has 0 saturated heterocycles. The van der Waals surface area contributed by atoms with Crippen molar-refractivity contribution in [1.29, 1.82) is 0 Å². The van der Waals surface area contributed by atoms with Crippen LogP contribution in [0.2, 0.25) is 0 Å². The lowest BCUT2D eigenvalue weighted by Crippen LogP contribution is -1.85. The van der Waals surface area contributed by atoms with Crippen LogP contribution in [0, 0.1) is 0 Å². The second-order valence-electron chi connectivity index (χ2n) is 7.07. The summed E-state index contributed by atoms with van der Waals surface area (Å²) in [7, 11) is 5.00. The average molecular weight is 441 g/mol. The molecule has 0 unspecified atom stereocenters. The van der Waals surface area contributed by atoms with Crippen LogP contribution >= 0.6 is 0 Å². The van der Waals surface area contributed by atoms with Gasteiger partial charge in [-0.1, -0.05) is 128 Å². The zero-order valence-electron chi connectivity index (χ0n) is 21.4. The van der Waals surface area contributed by atoms with Crippen LogP contribution in [0.1, 0.15) is 128 Å². The van der Waals surface area contributed by atoms with Crippen LogP contribution in [-0.4, -0.2) is 61.1 Å². The Morgan fingerprint density at radius 1 is 0.167 bits per heavy atom. The van der Waals surface area contributed by atoms with Gasteiger partial charge in [0.15, 0.2) is 0 Å². The van der Waals surface area contributed by atoms with E-state index < -0.39 is 0 Å². The molecule has 0 aromatic carbocycles. The van der Waals surface area contributed by atoms with E-state index in [0.29, 0.717) is 0 Å². The van der Waals surface area contributed by atoms with E-state index in [1.54, 1.807) is 0 Å². The summed E-state index contributed by atoms with van der Waals surface area (Å²) >= 11 is 0. The zero-order chi connectivity index (χ0) is 24.1. The van der Waals surface area contributed by atoms with E-state index in [0.717, 1.165) is 35.5 Å². The van der Waals surface area contributed by atoms with Crippen LogP contribution in [0.25, 0.3) is 0 Å². The number of aliphatic hydroxyl groups excluding tert-OH is 5. The fourth-order valence-corrected chi connectivity index (χ4v) is 3.54. The predicted octanol–water partition coefficient (Wildman–Crippen LogP) is 5.84. The molecule has 1 saturated carbocycles. The van der Waals surface area contributed by atoms with Crippen molar-refractivity contribution >= 4 is 0 Å². The van der Waals surface area contributed by atoms with Crippen LogP contribution in [0.15, 0.2) is 0 Å². The van der Waals surface area contributed by atoms with Crippen molar-refractivity contribution < 1.29 is 25.5 Å². The normalized spacial score (nSPS) is 17.0. The molecule has 1 fully saturated rings. The Bertz CT molecular complexity index is 106. The molecule has 190 valence electrons. The first-order valence-corrected chi connectivity index (χ1v) is 12.2. The molecule has 1 aliphatic rings. The maximum Gasteiger partial charge on any atom is 0.0319 e. The maximum atomic E-state index is 7.00. The predicted molar refractivity (Wildman–Crippen MR) is 133 cm³/mol. The summed E-state index contributed by atoms with van der Waals surface area (Å²) in [6.07, 6.45) is 30.0. The highest BCUT2D eigenvalue weighted by Gasteiger charge is 1.96. The third-order valence-corrected chi connectivity index (χ3v) is 5.00. The van der Waals surface area contributed by atoms with Gasteiger partial charge in [-0.25, -0.2) is 0 Å². The van der Waals surface area contributed by atoms with Gasteiger partial charge in [0.2, 0.25) is 0 Å². The smallest absolute Gasteiger partial charge is 0.0319 e. The monoisotopic (exact) mass is 440 g/mol. The molecule has 5 N–H and O–H groups in total. The van der Waals surface area contributed by atoms with Gasteiger partial charge in [-0.3, -0.25) is 0 Å². The van der Waals surface area contributed by atoms with Crippen molar-refractivity contribution in [1.82, 2.24) is 0 Å². The SMILES string of the molecule is C1CCCCCCCCCCCCCCCCCCC1.CO.CO.CO.CO.CO. The Morgan fingerprint density at radius 2 is 0.200 bits per heavy atom. The summed E-state index contributed by atoms with van der Waals surface area (Å²) in [6.45, 7) is 0. The minimum Gasteiger partial charge on any atom is -0.400 e. The molecule has 5 nitrogen and oxygen atoms in total. The Morgan fingerprint density at radius 3 is 0.233 bits per heavy atom. The molecule has 0 amide bonds. The lowest BCUT2D eigenvalue weighted by molar-refractivity contribution is 0.399. The average Bonchev–Trinajstić information content (AvgIpc) is 2.85. The molecular formula is C25H60O5. The molecule has 0 aromatic heterocycles. The Labute approximate surface area is 189 Å². The second-order valence-corrected chi connectivity index (χ2v) is 7.07. The highest BCUT2D eigenvalue weighted by atomic mass is 16.2. The minimum absolute atomic E-state index is 1.00. The van der Waals surface area contributed by atoms with Gasteiger partial charge < -0.3 is 25.5 Å². The van der Waals surface area contributed by atoms with Gasteiger partial charge >= 0.3 is 0 Å². The Kier molecular flexibility index (Phi) is 76.1. The molecule has 0 heterocycles. The molecule has 0 aliphatic heterocycles. The van der Waals surface area contributed by atoms with Crippen LogP contribution in [-0.2, 0) is 0 Å². The Balaban J connectivity index is -0.000000182. The number of aliphatic hydroxyl groups is 5. The summed E-state index contributed by atoms with van der Waals surface area (Å²) in [5.41, 5.74) is 0. The molecule has 30 heavy (non-hydrogen) atoms. The molecule has 0 atom stereocenters. The number of hydrogen-bond donors (Lipinski definition) is 5. The van der Waals surface area contributed by atoms with Gasteiger partial charge in [0.25, 0.3) is 0 Å². The maximum absolute atomic E-state index is 7.00. The topological polar surface area (TPSA) is 101 Å². The first kappa shape index (κ1) is 40.2. The molecule has 1 aliphatic carbocycles. The van der Waals surface area contributed by atoms with E-state index in [2.05, 4.69) is 0 Å². The summed E-state index contributed by atoms with van der Waals surface area (Å²) in [5.74, 6) is 0. The van der Waals surface area contributed by atoms with Crippen molar-refractivity contribution in [2.24, 2.45) is 0 Å². The largest absolute Gasteiger partial charge is 0.400 e. The van der Waals surface area contributed by atoms with Crippen LogP contribution in [0.4, 0.5) is 0 Å². The number of rotatable bonds is 0. The summed E-state index contributed by atoms with van der Waals surface area (Å²) in [4.78, 5) is 0. The van der Waals surface area contributed by atoms with E-state index in [4.69, 9.17) is 25.5 Å². The van der Waals surface area contributed by atoms with Gasteiger partial charge in [-0.15, -0.1) is 0 Å². The first-order valence-electron chi connectivity index (χ1n) is 12.2. The van der Waals surface area contributed by atoms with E-state index in [1.807, 2.05) is 0 Å². The van der Waals surface area contributed by atoms with E-state index >= 15 is 0 Å². The van der Waals surface area contributed by atoms with Gasteiger partial charge in [-0.05, 0) is 0 Å². The van der Waals surface area contributed by atoms with Crippen molar-refractivity contribution in [2.75, 3.05) is 35.5 Å². The number of hydrogen-bond acceptors (Lipinski definition) is 5. The van der Waals surface area contributed by atoms with Gasteiger partial charge in [0.05, 0.1) is 0 Å². The van der Waals surface area contributed by atoms with Gasteiger partial charge in [-0.2, -0.15) is 0 Å². The Hall–Kier alpha value is -0.200. The molecule has 5 heteroatoms. The second kappa shape index (κ2) is 56.8. The van der Waals surface area contributed by atoms with Gasteiger partial charge in [0, 0.05) is 35.5 Å². The summed E-state index contributed by atoms with van der Waals surface area (Å²) in [5, 5.41) is 35.0. The quantitative estimate of drug-likeness (QED) is 0.325. The van der Waals surface area contributed by atoms with Crippen LogP contribution in [0.3, 0.4) is 0 Å². The van der Waals surface area contributed by atoms with Crippen LogP contribution < -0.4 is 0 Å². The summed E-state index contributed by atoms with van der Waals surface area (Å²) < 4.78 is 0. The molecular weight excluding hydrogens is 380 g/mol. The van der Waals surface area contributed by atoms with Crippen LogP contribution in [0.5, 0.6) is 0 Å². The van der Waals surface area contributed by atoms with Crippen molar-refractivity contribution in [3.63, 3.8) is 0 Å².